The average molecular weight is 337 g/mol. The predicted octanol–water partition coefficient (Wildman–Crippen LogP) is 5.11. The fourth-order valence-electron chi connectivity index (χ4n) is 1.91. The molecule has 0 aromatic heterocycles. The van der Waals surface area contributed by atoms with Crippen LogP contribution in [0.15, 0.2) is 12.7 Å². The summed E-state index contributed by atoms with van der Waals surface area (Å²) in [5, 5.41) is 0. The van der Waals surface area contributed by atoms with Crippen LogP contribution >= 0.6 is 23.2 Å². The molecule has 5 heteroatoms. The molecule has 0 rings (SSSR count). The summed E-state index contributed by atoms with van der Waals surface area (Å²) in [6.45, 7) is 3.88. The molecule has 0 aliphatic carbocycles. The summed E-state index contributed by atoms with van der Waals surface area (Å²) in [6.07, 6.45) is 12.3. The van der Waals surface area contributed by atoms with E-state index in [1.54, 1.807) is 0 Å². The zero-order valence-corrected chi connectivity index (χ0v) is 14.7. The first-order valence-corrected chi connectivity index (χ1v) is 9.63. The van der Waals surface area contributed by atoms with Gasteiger partial charge < -0.3 is 4.74 Å². The van der Waals surface area contributed by atoms with E-state index in [4.69, 9.17) is 27.9 Å². The van der Waals surface area contributed by atoms with E-state index in [0.29, 0.717) is 16.1 Å². The van der Waals surface area contributed by atoms with Gasteiger partial charge in [0.1, 0.15) is 0 Å². The second kappa shape index (κ2) is 15.4. The van der Waals surface area contributed by atoms with E-state index in [0.717, 1.165) is 12.8 Å². The highest BCUT2D eigenvalue weighted by atomic mass is 35.5. The third-order valence-corrected chi connectivity index (χ3v) is 4.91. The van der Waals surface area contributed by atoms with Gasteiger partial charge in [0.25, 0.3) is 0 Å². The van der Waals surface area contributed by atoms with Gasteiger partial charge in [0.05, 0.1) is 20.6 Å². The van der Waals surface area contributed by atoms with Crippen LogP contribution in [0, 0.1) is 0 Å². The molecule has 20 heavy (non-hydrogen) atoms. The number of ether oxygens (including phenoxy) is 1. The van der Waals surface area contributed by atoms with Gasteiger partial charge in [-0.15, -0.1) is 23.2 Å². The molecule has 0 N–H and O–H groups in total. The van der Waals surface area contributed by atoms with Crippen molar-refractivity contribution >= 4 is 38.7 Å². The van der Waals surface area contributed by atoms with Crippen molar-refractivity contribution in [3.05, 3.63) is 12.7 Å². The Morgan fingerprint density at radius 1 is 1.00 bits per heavy atom. The van der Waals surface area contributed by atoms with Crippen molar-refractivity contribution in [1.82, 2.24) is 0 Å². The lowest BCUT2D eigenvalue weighted by Gasteiger charge is -2.03. The topological polar surface area (TPSA) is 26.3 Å². The standard InChI is InChI=1S/C15H26Cl2O2Si/c1-2-14(18)19-12-10-8-6-4-3-5-7-9-11-13-20-15(16)17/h2,15H,1,3-13H2. The number of carbonyl (C=O) groups excluding carboxylic acids is 1. The Morgan fingerprint density at radius 2 is 1.50 bits per heavy atom. The molecule has 0 spiro atoms. The molecule has 0 aliphatic rings. The lowest BCUT2D eigenvalue weighted by molar-refractivity contribution is -0.137. The maximum absolute atomic E-state index is 10.8. The van der Waals surface area contributed by atoms with Gasteiger partial charge in [-0.3, -0.25) is 0 Å². The monoisotopic (exact) mass is 336 g/mol. The number of carbonyl (C=O) groups is 1. The maximum atomic E-state index is 10.8. The minimum absolute atomic E-state index is 0.166. The zero-order valence-electron chi connectivity index (χ0n) is 12.2. The van der Waals surface area contributed by atoms with Crippen molar-refractivity contribution in [3.8, 4) is 0 Å². The molecule has 116 valence electrons. The SMILES string of the molecule is C=CC(=O)OCCCCCCCCCCC[Si]C(Cl)Cl. The van der Waals surface area contributed by atoms with Gasteiger partial charge in [-0.1, -0.05) is 64.0 Å². The fraction of sp³-hybridized carbons (Fsp3) is 0.800. The van der Waals surface area contributed by atoms with Crippen LogP contribution in [0.5, 0.6) is 0 Å². The number of hydrogen-bond acceptors (Lipinski definition) is 2. The number of hydrogen-bond donors (Lipinski definition) is 0. The van der Waals surface area contributed by atoms with Crippen molar-refractivity contribution in [2.45, 2.75) is 68.3 Å². The van der Waals surface area contributed by atoms with Gasteiger partial charge >= 0.3 is 5.97 Å². The summed E-state index contributed by atoms with van der Waals surface area (Å²) in [6, 6.07) is 1.17. The second-order valence-electron chi connectivity index (χ2n) is 4.81. The Kier molecular flexibility index (Phi) is 15.4. The molecule has 0 aromatic rings. The van der Waals surface area contributed by atoms with Crippen LogP contribution in [0.1, 0.15) is 57.8 Å². The van der Waals surface area contributed by atoms with Crippen LogP contribution in [-0.2, 0) is 9.53 Å². The van der Waals surface area contributed by atoms with E-state index < -0.39 is 0 Å². The van der Waals surface area contributed by atoms with E-state index in [1.807, 2.05) is 0 Å². The van der Waals surface area contributed by atoms with Crippen molar-refractivity contribution in [2.75, 3.05) is 6.61 Å². The van der Waals surface area contributed by atoms with E-state index in [-0.39, 0.29) is 10.4 Å². The Hall–Kier alpha value is 0.00688. The lowest BCUT2D eigenvalue weighted by Crippen LogP contribution is -2.01. The Labute approximate surface area is 136 Å². The lowest BCUT2D eigenvalue weighted by atomic mass is 10.1. The van der Waals surface area contributed by atoms with Crippen molar-refractivity contribution < 1.29 is 9.53 Å². The van der Waals surface area contributed by atoms with Gasteiger partial charge in [-0.05, 0) is 6.42 Å². The Balaban J connectivity index is 3.03. The summed E-state index contributed by atoms with van der Waals surface area (Å²) < 4.78 is 4.75. The molecule has 0 atom stereocenters. The summed E-state index contributed by atoms with van der Waals surface area (Å²) >= 11 is 11.4. The first-order valence-electron chi connectivity index (χ1n) is 7.47. The first-order chi connectivity index (χ1) is 9.66. The molecule has 0 fully saturated rings. The summed E-state index contributed by atoms with van der Waals surface area (Å²) in [7, 11) is 0.687. The molecule has 0 bridgehead atoms. The van der Waals surface area contributed by atoms with Crippen LogP contribution in [0.25, 0.3) is 0 Å². The maximum Gasteiger partial charge on any atom is 0.330 e. The zero-order chi connectivity index (χ0) is 15.1. The highest BCUT2D eigenvalue weighted by Crippen LogP contribution is 2.12. The summed E-state index contributed by atoms with van der Waals surface area (Å²) in [5.74, 6) is -0.319. The molecule has 2 nitrogen and oxygen atoms in total. The molecular weight excluding hydrogens is 311 g/mol. The molecule has 0 saturated carbocycles. The molecule has 2 radical (unpaired) electrons. The number of halogens is 2. The Bertz CT molecular complexity index is 248. The van der Waals surface area contributed by atoms with Gasteiger partial charge in [-0.25, -0.2) is 4.79 Å². The van der Waals surface area contributed by atoms with Crippen LogP contribution in [0.2, 0.25) is 6.04 Å². The quantitative estimate of drug-likeness (QED) is 0.145. The van der Waals surface area contributed by atoms with Crippen LogP contribution in [0.3, 0.4) is 0 Å². The number of esters is 1. The minimum Gasteiger partial charge on any atom is -0.463 e. The van der Waals surface area contributed by atoms with Crippen LogP contribution < -0.4 is 0 Å². The molecule has 0 heterocycles. The van der Waals surface area contributed by atoms with E-state index >= 15 is 0 Å². The molecular formula is C15H26Cl2O2Si. The smallest absolute Gasteiger partial charge is 0.330 e. The molecule has 0 amide bonds. The largest absolute Gasteiger partial charge is 0.463 e. The third-order valence-electron chi connectivity index (χ3n) is 3.03. The van der Waals surface area contributed by atoms with Crippen LogP contribution in [-0.4, -0.2) is 26.6 Å². The molecule has 0 saturated heterocycles. The summed E-state index contributed by atoms with van der Waals surface area (Å²) in [5.41, 5.74) is 0. The fourth-order valence-corrected chi connectivity index (χ4v) is 3.23. The van der Waals surface area contributed by atoms with Gasteiger partial charge in [0.15, 0.2) is 0 Å². The van der Waals surface area contributed by atoms with Gasteiger partial charge in [0.2, 0.25) is 0 Å². The molecule has 0 unspecified atom stereocenters. The number of rotatable bonds is 14. The predicted molar refractivity (Wildman–Crippen MR) is 88.8 cm³/mol. The minimum atomic E-state index is -0.319. The first kappa shape index (κ1) is 20.0. The number of alkyl halides is 2. The van der Waals surface area contributed by atoms with E-state index in [1.165, 1.54) is 57.1 Å². The van der Waals surface area contributed by atoms with Crippen molar-refractivity contribution in [2.24, 2.45) is 0 Å². The second-order valence-corrected chi connectivity index (χ2v) is 8.12. The molecule has 0 aromatic carbocycles. The molecule has 0 aliphatic heterocycles. The highest BCUT2D eigenvalue weighted by molar-refractivity contribution is 6.68. The van der Waals surface area contributed by atoms with Crippen molar-refractivity contribution in [3.63, 3.8) is 0 Å². The van der Waals surface area contributed by atoms with E-state index in [2.05, 4.69) is 6.58 Å². The average Bonchev–Trinajstić information content (AvgIpc) is 2.43. The third kappa shape index (κ3) is 16.1. The van der Waals surface area contributed by atoms with Gasteiger partial charge in [-0.2, -0.15) is 0 Å². The Morgan fingerprint density at radius 3 is 2.00 bits per heavy atom. The number of unbranched alkanes of at least 4 members (excludes halogenated alkanes) is 8. The van der Waals surface area contributed by atoms with E-state index in [9.17, 15) is 4.79 Å². The normalized spacial score (nSPS) is 10.8. The highest BCUT2D eigenvalue weighted by Gasteiger charge is 1.99. The van der Waals surface area contributed by atoms with Crippen LogP contribution in [0.4, 0.5) is 0 Å². The summed E-state index contributed by atoms with van der Waals surface area (Å²) in [4.78, 5) is 10.8. The van der Waals surface area contributed by atoms with Gasteiger partial charge in [0, 0.05) is 6.08 Å². The van der Waals surface area contributed by atoms with Crippen molar-refractivity contribution in [1.29, 1.82) is 0 Å².